The first-order chi connectivity index (χ1) is 15.0. The maximum Gasteiger partial charge on any atom is 0.270 e. The first-order valence-electron chi connectivity index (χ1n) is 9.63. The van der Waals surface area contributed by atoms with Gasteiger partial charge in [-0.3, -0.25) is 15.1 Å². The van der Waals surface area contributed by atoms with Crippen molar-refractivity contribution < 1.29 is 9.34 Å². The topological polar surface area (TPSA) is 84.8 Å². The summed E-state index contributed by atoms with van der Waals surface area (Å²) in [5, 5.41) is 10.8. The number of hydrogen-bond donors (Lipinski definition) is 0. The number of fused-ring (bicyclic) bond motifs is 1. The molecular formula is C24H20N4O3. The largest absolute Gasteiger partial charge is 0.436 e. The number of benzene rings is 3. The second kappa shape index (κ2) is 8.62. The average Bonchev–Trinajstić information content (AvgIpc) is 3.20. The zero-order valence-electron chi connectivity index (χ0n) is 17.1. The average molecular weight is 412 g/mol. The van der Waals surface area contributed by atoms with Crippen molar-refractivity contribution in [3.8, 4) is 11.5 Å². The van der Waals surface area contributed by atoms with E-state index in [9.17, 15) is 10.1 Å². The summed E-state index contributed by atoms with van der Waals surface area (Å²) >= 11 is 0. The van der Waals surface area contributed by atoms with Crippen molar-refractivity contribution in [1.82, 2.24) is 4.98 Å². The molecule has 0 aliphatic carbocycles. The van der Waals surface area contributed by atoms with E-state index in [0.717, 1.165) is 28.0 Å². The Labute approximate surface area is 179 Å². The van der Waals surface area contributed by atoms with Crippen molar-refractivity contribution in [2.75, 3.05) is 19.0 Å². The van der Waals surface area contributed by atoms with E-state index in [-0.39, 0.29) is 5.69 Å². The molecule has 0 saturated heterocycles. The molecule has 31 heavy (non-hydrogen) atoms. The minimum Gasteiger partial charge on any atom is -0.436 e. The van der Waals surface area contributed by atoms with Crippen LogP contribution in [-0.2, 0) is 0 Å². The molecule has 0 radical (unpaired) electrons. The monoisotopic (exact) mass is 412 g/mol. The lowest BCUT2D eigenvalue weighted by Gasteiger charge is -2.11. The summed E-state index contributed by atoms with van der Waals surface area (Å²) in [6, 6.07) is 20.0. The van der Waals surface area contributed by atoms with Crippen molar-refractivity contribution in [1.29, 1.82) is 0 Å². The number of nitro benzene ring substituents is 1. The number of aliphatic imine (C=N–C) groups is 1. The van der Waals surface area contributed by atoms with E-state index in [0.29, 0.717) is 11.5 Å². The normalized spacial score (nSPS) is 11.5. The highest BCUT2D eigenvalue weighted by atomic mass is 16.6. The minimum atomic E-state index is -0.413. The van der Waals surface area contributed by atoms with Crippen LogP contribution in [0.3, 0.4) is 0 Å². The van der Waals surface area contributed by atoms with E-state index < -0.39 is 4.92 Å². The Morgan fingerprint density at radius 2 is 1.87 bits per heavy atom. The van der Waals surface area contributed by atoms with Crippen LogP contribution >= 0.6 is 0 Å². The quantitative estimate of drug-likeness (QED) is 0.224. The van der Waals surface area contributed by atoms with Gasteiger partial charge in [0.2, 0.25) is 5.89 Å². The van der Waals surface area contributed by atoms with Crippen LogP contribution in [0.15, 0.2) is 82.2 Å². The number of nitrogens with zero attached hydrogens (tertiary/aromatic N) is 4. The second-order valence-electron chi connectivity index (χ2n) is 7.10. The molecule has 7 nitrogen and oxygen atoms in total. The summed E-state index contributed by atoms with van der Waals surface area (Å²) in [7, 11) is 3.99. The second-order valence-corrected chi connectivity index (χ2v) is 7.10. The fraction of sp³-hybridized carbons (Fsp3) is 0.0833. The van der Waals surface area contributed by atoms with Crippen molar-refractivity contribution in [3.05, 3.63) is 88.5 Å². The summed E-state index contributed by atoms with van der Waals surface area (Å²) in [6.07, 6.45) is 5.14. The molecule has 154 valence electrons. The van der Waals surface area contributed by atoms with Gasteiger partial charge in [-0.15, -0.1) is 0 Å². The van der Waals surface area contributed by atoms with E-state index in [2.05, 4.69) is 9.98 Å². The maximum absolute atomic E-state index is 10.8. The number of aromatic nitrogens is 1. The lowest BCUT2D eigenvalue weighted by atomic mass is 10.2. The number of non-ortho nitro benzene ring substituents is 1. The molecule has 0 aliphatic heterocycles. The Balaban J connectivity index is 1.50. The highest BCUT2D eigenvalue weighted by Crippen LogP contribution is 2.28. The van der Waals surface area contributed by atoms with Gasteiger partial charge in [0, 0.05) is 43.7 Å². The molecule has 0 atom stereocenters. The Kier molecular flexibility index (Phi) is 5.57. The molecule has 7 heteroatoms. The van der Waals surface area contributed by atoms with Gasteiger partial charge in [0.15, 0.2) is 5.58 Å². The standard InChI is InChI=1S/C24H20N4O3/c1-27(2)20-11-8-18(9-12-20)24-26-22-16-19(10-13-23(22)31-24)25-14-4-6-17-5-3-7-21(15-17)28(29)30/h3-16H,1-2H3/b6-4+,25-14?. The molecule has 1 heterocycles. The molecule has 0 N–H and O–H groups in total. The molecule has 4 rings (SSSR count). The van der Waals surface area contributed by atoms with Crippen LogP contribution in [0.4, 0.5) is 17.1 Å². The highest BCUT2D eigenvalue weighted by molar-refractivity contribution is 5.84. The molecule has 0 bridgehead atoms. The van der Waals surface area contributed by atoms with Gasteiger partial charge in [-0.1, -0.05) is 18.2 Å². The van der Waals surface area contributed by atoms with Crippen molar-refractivity contribution in [2.45, 2.75) is 0 Å². The van der Waals surface area contributed by atoms with Crippen LogP contribution in [-0.4, -0.2) is 30.2 Å². The Morgan fingerprint density at radius 3 is 2.61 bits per heavy atom. The molecular weight excluding hydrogens is 392 g/mol. The highest BCUT2D eigenvalue weighted by Gasteiger charge is 2.09. The molecule has 0 aliphatic rings. The predicted octanol–water partition coefficient (Wildman–Crippen LogP) is 5.88. The van der Waals surface area contributed by atoms with Gasteiger partial charge >= 0.3 is 0 Å². The number of nitro groups is 1. The van der Waals surface area contributed by atoms with E-state index in [1.807, 2.05) is 61.5 Å². The fourth-order valence-electron chi connectivity index (χ4n) is 3.05. The van der Waals surface area contributed by atoms with Crippen LogP contribution in [0.2, 0.25) is 0 Å². The molecule has 0 amide bonds. The van der Waals surface area contributed by atoms with Crippen molar-refractivity contribution >= 4 is 40.5 Å². The summed E-state index contributed by atoms with van der Waals surface area (Å²) in [5.41, 5.74) is 4.96. The first kappa shape index (κ1) is 20.0. The van der Waals surface area contributed by atoms with Crippen molar-refractivity contribution in [2.24, 2.45) is 4.99 Å². The number of rotatable bonds is 6. The summed E-state index contributed by atoms with van der Waals surface area (Å²) in [5.74, 6) is 0.562. The Morgan fingerprint density at radius 1 is 1.06 bits per heavy atom. The van der Waals surface area contributed by atoms with E-state index in [4.69, 9.17) is 4.42 Å². The smallest absolute Gasteiger partial charge is 0.270 e. The molecule has 0 saturated carbocycles. The summed E-state index contributed by atoms with van der Waals surface area (Å²) in [6.45, 7) is 0. The Bertz CT molecular complexity index is 1290. The fourth-order valence-corrected chi connectivity index (χ4v) is 3.05. The number of anilines is 1. The number of hydrogen-bond acceptors (Lipinski definition) is 6. The van der Waals surface area contributed by atoms with Gasteiger partial charge in [0.25, 0.3) is 5.69 Å². The SMILES string of the molecule is CN(C)c1ccc(-c2nc3cc(N=C/C=C/c4cccc([N+](=O)[O-])c4)ccc3o2)cc1. The van der Waals surface area contributed by atoms with Crippen LogP contribution < -0.4 is 4.90 Å². The lowest BCUT2D eigenvalue weighted by Crippen LogP contribution is -2.07. The van der Waals surface area contributed by atoms with Gasteiger partial charge < -0.3 is 9.32 Å². The van der Waals surface area contributed by atoms with E-state index in [1.165, 1.54) is 12.1 Å². The third-order valence-electron chi connectivity index (χ3n) is 4.68. The lowest BCUT2D eigenvalue weighted by molar-refractivity contribution is -0.384. The summed E-state index contributed by atoms with van der Waals surface area (Å²) < 4.78 is 5.88. The van der Waals surface area contributed by atoms with E-state index >= 15 is 0 Å². The van der Waals surface area contributed by atoms with Crippen LogP contribution in [0.5, 0.6) is 0 Å². The number of oxazole rings is 1. The van der Waals surface area contributed by atoms with Gasteiger partial charge in [-0.25, -0.2) is 4.98 Å². The zero-order chi connectivity index (χ0) is 21.8. The summed E-state index contributed by atoms with van der Waals surface area (Å²) in [4.78, 5) is 21.5. The molecule has 0 fully saturated rings. The molecule has 0 unspecified atom stereocenters. The Hall–Kier alpha value is -4.26. The van der Waals surface area contributed by atoms with Gasteiger partial charge in [0.05, 0.1) is 10.6 Å². The van der Waals surface area contributed by atoms with Gasteiger partial charge in [-0.2, -0.15) is 0 Å². The van der Waals surface area contributed by atoms with Crippen molar-refractivity contribution in [3.63, 3.8) is 0 Å². The third kappa shape index (κ3) is 4.67. The van der Waals surface area contributed by atoms with Crippen LogP contribution in [0.1, 0.15) is 5.56 Å². The van der Waals surface area contributed by atoms with Crippen LogP contribution in [0, 0.1) is 10.1 Å². The van der Waals surface area contributed by atoms with E-state index in [1.54, 1.807) is 30.5 Å². The molecule has 3 aromatic carbocycles. The van der Waals surface area contributed by atoms with Crippen LogP contribution in [0.25, 0.3) is 28.6 Å². The third-order valence-corrected chi connectivity index (χ3v) is 4.68. The molecule has 4 aromatic rings. The predicted molar refractivity (Wildman–Crippen MR) is 124 cm³/mol. The maximum atomic E-state index is 10.8. The van der Waals surface area contributed by atoms with Gasteiger partial charge in [0.1, 0.15) is 5.52 Å². The minimum absolute atomic E-state index is 0.0581. The molecule has 1 aromatic heterocycles. The number of allylic oxidation sites excluding steroid dienone is 1. The molecule has 0 spiro atoms. The first-order valence-corrected chi connectivity index (χ1v) is 9.63. The van der Waals surface area contributed by atoms with Gasteiger partial charge in [-0.05, 0) is 54.1 Å². The zero-order valence-corrected chi connectivity index (χ0v) is 17.1.